The van der Waals surface area contributed by atoms with E-state index in [-0.39, 0.29) is 18.1 Å². The van der Waals surface area contributed by atoms with Gasteiger partial charge in [0.25, 0.3) is 0 Å². The predicted molar refractivity (Wildman–Crippen MR) is 104 cm³/mol. The molecule has 1 aliphatic heterocycles. The van der Waals surface area contributed by atoms with Crippen LogP contribution < -0.4 is 10.1 Å². The van der Waals surface area contributed by atoms with Gasteiger partial charge in [-0.25, -0.2) is 4.79 Å². The number of hydrogen-bond donors (Lipinski definition) is 2. The van der Waals surface area contributed by atoms with E-state index in [1.54, 1.807) is 0 Å². The number of aliphatic hydroxyl groups is 1. The van der Waals surface area contributed by atoms with Gasteiger partial charge in [0.1, 0.15) is 5.75 Å². The number of ether oxygens (including phenoxy) is 1. The number of piperazine rings is 1. The largest absolute Gasteiger partial charge is 0.494 e. The maximum atomic E-state index is 12.1. The van der Waals surface area contributed by atoms with Crippen LogP contribution in [-0.2, 0) is 5.41 Å². The molecule has 26 heavy (non-hydrogen) atoms. The zero-order chi connectivity index (χ0) is 19.0. The van der Waals surface area contributed by atoms with Crippen molar-refractivity contribution in [1.29, 1.82) is 0 Å². The summed E-state index contributed by atoms with van der Waals surface area (Å²) in [5.41, 5.74) is 1.43. The Morgan fingerprint density at radius 2 is 1.81 bits per heavy atom. The normalized spacial score (nSPS) is 15.8. The first-order valence-corrected chi connectivity index (χ1v) is 9.49. The lowest BCUT2D eigenvalue weighted by Gasteiger charge is -2.34. The average molecular weight is 364 g/mol. The molecule has 0 spiro atoms. The summed E-state index contributed by atoms with van der Waals surface area (Å²) in [6.07, 6.45) is 0.775. The zero-order valence-electron chi connectivity index (χ0n) is 16.3. The second-order valence-electron chi connectivity index (χ2n) is 7.76. The summed E-state index contributed by atoms with van der Waals surface area (Å²) in [7, 11) is 0. The standard InChI is InChI=1S/C20H33N3O3/c1-20(2,3)17-5-7-18(8-6-17)26-16-4-9-21-19(25)23-12-10-22(11-13-23)14-15-24/h5-8,24H,4,9-16H2,1-3H3,(H,21,25). The Hall–Kier alpha value is -1.79. The second kappa shape index (κ2) is 9.78. The molecule has 2 rings (SSSR count). The van der Waals surface area contributed by atoms with Crippen molar-refractivity contribution in [2.45, 2.75) is 32.6 Å². The van der Waals surface area contributed by atoms with E-state index >= 15 is 0 Å². The number of β-amino-alcohol motifs (C(OH)–C–C–N with tert-alkyl or cyclic N) is 1. The fourth-order valence-corrected chi connectivity index (χ4v) is 2.94. The summed E-state index contributed by atoms with van der Waals surface area (Å²) in [5, 5.41) is 11.9. The molecule has 1 heterocycles. The summed E-state index contributed by atoms with van der Waals surface area (Å²) < 4.78 is 5.75. The van der Waals surface area contributed by atoms with Crippen LogP contribution in [0.15, 0.2) is 24.3 Å². The molecule has 2 N–H and O–H groups in total. The Morgan fingerprint density at radius 1 is 1.15 bits per heavy atom. The number of rotatable bonds is 7. The van der Waals surface area contributed by atoms with Crippen LogP contribution in [0.2, 0.25) is 0 Å². The minimum absolute atomic E-state index is 0.0109. The number of aliphatic hydroxyl groups excluding tert-OH is 1. The highest BCUT2D eigenvalue weighted by Gasteiger charge is 2.20. The van der Waals surface area contributed by atoms with Crippen LogP contribution in [0.4, 0.5) is 4.79 Å². The van der Waals surface area contributed by atoms with E-state index in [1.165, 1.54) is 5.56 Å². The zero-order valence-corrected chi connectivity index (χ0v) is 16.3. The predicted octanol–water partition coefficient (Wildman–Crippen LogP) is 2.07. The van der Waals surface area contributed by atoms with Crippen molar-refractivity contribution >= 4 is 6.03 Å². The van der Waals surface area contributed by atoms with Gasteiger partial charge in [0, 0.05) is 39.3 Å². The molecule has 0 unspecified atom stereocenters. The molecule has 146 valence electrons. The number of amides is 2. The van der Waals surface area contributed by atoms with E-state index < -0.39 is 0 Å². The number of hydrogen-bond acceptors (Lipinski definition) is 4. The third-order valence-corrected chi connectivity index (χ3v) is 4.66. The molecule has 1 aromatic carbocycles. The van der Waals surface area contributed by atoms with Crippen LogP contribution in [0, 0.1) is 0 Å². The van der Waals surface area contributed by atoms with Crippen LogP contribution >= 0.6 is 0 Å². The molecular weight excluding hydrogens is 330 g/mol. The molecule has 0 aliphatic carbocycles. The summed E-state index contributed by atoms with van der Waals surface area (Å²) in [4.78, 5) is 16.1. The number of urea groups is 1. The Labute approximate surface area is 157 Å². The molecule has 0 atom stereocenters. The monoisotopic (exact) mass is 363 g/mol. The minimum atomic E-state index is -0.0109. The van der Waals surface area contributed by atoms with Crippen molar-refractivity contribution in [2.24, 2.45) is 0 Å². The summed E-state index contributed by atoms with van der Waals surface area (Å²) in [6, 6.07) is 8.21. The highest BCUT2D eigenvalue weighted by Crippen LogP contribution is 2.24. The van der Waals surface area contributed by atoms with Gasteiger partial charge in [-0.15, -0.1) is 0 Å². The van der Waals surface area contributed by atoms with Crippen molar-refractivity contribution < 1.29 is 14.6 Å². The molecule has 1 aromatic rings. The van der Waals surface area contributed by atoms with Gasteiger partial charge in [-0.2, -0.15) is 0 Å². The molecule has 0 bridgehead atoms. The second-order valence-corrected chi connectivity index (χ2v) is 7.76. The number of nitrogens with one attached hydrogen (secondary N) is 1. The highest BCUT2D eigenvalue weighted by atomic mass is 16.5. The third kappa shape index (κ3) is 6.50. The first-order valence-electron chi connectivity index (χ1n) is 9.49. The van der Waals surface area contributed by atoms with E-state index in [0.29, 0.717) is 32.8 Å². The molecule has 2 amide bonds. The lowest BCUT2D eigenvalue weighted by Crippen LogP contribution is -2.52. The Balaban J connectivity index is 1.60. The molecule has 1 saturated heterocycles. The minimum Gasteiger partial charge on any atom is -0.494 e. The van der Waals surface area contributed by atoms with Crippen LogP contribution in [0.1, 0.15) is 32.8 Å². The Bertz CT molecular complexity index is 546. The quantitative estimate of drug-likeness (QED) is 0.728. The molecule has 6 nitrogen and oxygen atoms in total. The molecule has 1 fully saturated rings. The fraction of sp³-hybridized carbons (Fsp3) is 0.650. The maximum absolute atomic E-state index is 12.1. The summed E-state index contributed by atoms with van der Waals surface area (Å²) in [5.74, 6) is 0.865. The highest BCUT2D eigenvalue weighted by molar-refractivity contribution is 5.74. The third-order valence-electron chi connectivity index (χ3n) is 4.66. The van der Waals surface area contributed by atoms with Crippen molar-refractivity contribution in [3.8, 4) is 5.75 Å². The summed E-state index contributed by atoms with van der Waals surface area (Å²) >= 11 is 0. The molecular formula is C20H33N3O3. The van der Waals surface area contributed by atoms with Crippen molar-refractivity contribution in [3.63, 3.8) is 0 Å². The van der Waals surface area contributed by atoms with Crippen LogP contribution in [0.25, 0.3) is 0 Å². The Kier molecular flexibility index (Phi) is 7.72. The summed E-state index contributed by atoms with van der Waals surface area (Å²) in [6.45, 7) is 11.7. The van der Waals surface area contributed by atoms with Gasteiger partial charge in [0.2, 0.25) is 0 Å². The SMILES string of the molecule is CC(C)(C)c1ccc(OCCCNC(=O)N2CCN(CCO)CC2)cc1. The van der Waals surface area contributed by atoms with Gasteiger partial charge in [-0.05, 0) is 29.5 Å². The van der Waals surface area contributed by atoms with Gasteiger partial charge in [0.15, 0.2) is 0 Å². The number of carbonyl (C=O) groups is 1. The first-order chi connectivity index (χ1) is 12.4. The van der Waals surface area contributed by atoms with Crippen molar-refractivity contribution in [1.82, 2.24) is 15.1 Å². The molecule has 0 saturated carbocycles. The molecule has 0 aromatic heterocycles. The lowest BCUT2D eigenvalue weighted by molar-refractivity contribution is 0.122. The van der Waals surface area contributed by atoms with Gasteiger partial charge in [-0.3, -0.25) is 4.90 Å². The van der Waals surface area contributed by atoms with E-state index in [9.17, 15) is 4.79 Å². The average Bonchev–Trinajstić information content (AvgIpc) is 2.62. The van der Waals surface area contributed by atoms with E-state index in [4.69, 9.17) is 9.84 Å². The first kappa shape index (κ1) is 20.5. The van der Waals surface area contributed by atoms with Crippen LogP contribution in [0.3, 0.4) is 0 Å². The maximum Gasteiger partial charge on any atom is 0.317 e. The van der Waals surface area contributed by atoms with Crippen molar-refractivity contribution in [3.05, 3.63) is 29.8 Å². The van der Waals surface area contributed by atoms with Crippen LogP contribution in [-0.4, -0.2) is 73.4 Å². The molecule has 6 heteroatoms. The Morgan fingerprint density at radius 3 is 2.38 bits per heavy atom. The number of nitrogens with zero attached hydrogens (tertiary/aromatic N) is 2. The number of benzene rings is 1. The van der Waals surface area contributed by atoms with Gasteiger partial charge in [0.05, 0.1) is 13.2 Å². The van der Waals surface area contributed by atoms with Gasteiger partial charge in [-0.1, -0.05) is 32.9 Å². The van der Waals surface area contributed by atoms with Crippen molar-refractivity contribution in [2.75, 3.05) is 52.5 Å². The van der Waals surface area contributed by atoms with E-state index in [0.717, 1.165) is 25.3 Å². The van der Waals surface area contributed by atoms with Crippen LogP contribution in [0.5, 0.6) is 5.75 Å². The van der Waals surface area contributed by atoms with Gasteiger partial charge < -0.3 is 20.1 Å². The molecule has 1 aliphatic rings. The smallest absolute Gasteiger partial charge is 0.317 e. The molecule has 0 radical (unpaired) electrons. The fourth-order valence-electron chi connectivity index (χ4n) is 2.94. The lowest BCUT2D eigenvalue weighted by atomic mass is 9.87. The topological polar surface area (TPSA) is 65.0 Å². The van der Waals surface area contributed by atoms with Gasteiger partial charge >= 0.3 is 6.03 Å². The van der Waals surface area contributed by atoms with E-state index in [2.05, 4.69) is 43.1 Å². The van der Waals surface area contributed by atoms with E-state index in [1.807, 2.05) is 17.0 Å². The number of carbonyl (C=O) groups excluding carboxylic acids is 1.